The van der Waals surface area contributed by atoms with E-state index in [0.717, 1.165) is 5.76 Å². The highest BCUT2D eigenvalue weighted by Crippen LogP contribution is 2.29. The van der Waals surface area contributed by atoms with Crippen LogP contribution < -0.4 is 5.32 Å². The maximum absolute atomic E-state index is 11.5. The first-order valence-corrected chi connectivity index (χ1v) is 10.4. The van der Waals surface area contributed by atoms with Gasteiger partial charge in [-0.05, 0) is 18.2 Å². The summed E-state index contributed by atoms with van der Waals surface area (Å²) in [6.07, 6.45) is 1.57. The number of nitrogens with zero attached hydrogens (tertiary/aromatic N) is 2. The van der Waals surface area contributed by atoms with Gasteiger partial charge in [0.1, 0.15) is 16.1 Å². The lowest BCUT2D eigenvalue weighted by atomic mass is 10.3. The number of hydrogen-bond donors (Lipinski definition) is 1. The van der Waals surface area contributed by atoms with Crippen molar-refractivity contribution in [2.45, 2.75) is 6.54 Å². The van der Waals surface area contributed by atoms with E-state index in [0.29, 0.717) is 12.2 Å². The standard InChI is InChI=1S/C12H10Cl2N2O3.C7H4Cl3NO2/c1-18-12(17)11-10(14)8(5-9(13)16-11)15-6-7-3-2-4-19-7;1-13-7(12)6-5(10)3(8)2-4(9)11-6/h2-5H,6H2,1H3,(H,15,16);2H,1H3. The molecule has 3 heterocycles. The van der Waals surface area contributed by atoms with Crippen molar-refractivity contribution in [2.24, 2.45) is 0 Å². The van der Waals surface area contributed by atoms with Crippen molar-refractivity contribution in [1.82, 2.24) is 9.97 Å². The van der Waals surface area contributed by atoms with E-state index < -0.39 is 11.9 Å². The van der Waals surface area contributed by atoms with Gasteiger partial charge >= 0.3 is 11.9 Å². The van der Waals surface area contributed by atoms with Gasteiger partial charge < -0.3 is 19.2 Å². The lowest BCUT2D eigenvalue weighted by Gasteiger charge is -2.10. The van der Waals surface area contributed by atoms with Gasteiger partial charge in [0.25, 0.3) is 0 Å². The zero-order chi connectivity index (χ0) is 23.8. The molecule has 3 aromatic rings. The Morgan fingerprint density at radius 1 is 0.938 bits per heavy atom. The average molecular weight is 542 g/mol. The molecule has 0 spiro atoms. The van der Waals surface area contributed by atoms with Gasteiger partial charge in [-0.3, -0.25) is 0 Å². The minimum atomic E-state index is -0.672. The van der Waals surface area contributed by atoms with Crippen LogP contribution >= 0.6 is 58.0 Å². The minimum Gasteiger partial charge on any atom is -0.467 e. The molecule has 0 saturated carbocycles. The van der Waals surface area contributed by atoms with Crippen LogP contribution in [-0.2, 0) is 16.0 Å². The molecule has 0 amide bonds. The Hall–Kier alpha value is -2.23. The third kappa shape index (κ3) is 6.88. The lowest BCUT2D eigenvalue weighted by molar-refractivity contribution is 0.0585. The number of carbonyl (C=O) groups excluding carboxylic acids is 2. The predicted octanol–water partition coefficient (Wildman–Crippen LogP) is 6.21. The van der Waals surface area contributed by atoms with Crippen LogP contribution in [0.1, 0.15) is 26.7 Å². The number of hydrogen-bond acceptors (Lipinski definition) is 8. The van der Waals surface area contributed by atoms with Crippen LogP contribution in [0.25, 0.3) is 0 Å². The van der Waals surface area contributed by atoms with Crippen molar-refractivity contribution in [3.8, 4) is 0 Å². The maximum Gasteiger partial charge on any atom is 0.358 e. The Morgan fingerprint density at radius 2 is 1.50 bits per heavy atom. The predicted molar refractivity (Wildman–Crippen MR) is 122 cm³/mol. The number of furan rings is 1. The summed E-state index contributed by atoms with van der Waals surface area (Å²) in [6.45, 7) is 0.410. The van der Waals surface area contributed by atoms with E-state index in [2.05, 4.69) is 24.8 Å². The fourth-order valence-corrected chi connectivity index (χ4v) is 3.21. The third-order valence-electron chi connectivity index (χ3n) is 3.60. The van der Waals surface area contributed by atoms with Crippen molar-refractivity contribution in [1.29, 1.82) is 0 Å². The Bertz CT molecular complexity index is 1110. The summed E-state index contributed by atoms with van der Waals surface area (Å²) in [4.78, 5) is 30.1. The van der Waals surface area contributed by atoms with E-state index in [9.17, 15) is 9.59 Å². The number of aromatic nitrogens is 2. The molecule has 0 fully saturated rings. The molecule has 32 heavy (non-hydrogen) atoms. The lowest BCUT2D eigenvalue weighted by Crippen LogP contribution is -2.08. The third-order valence-corrected chi connectivity index (χ3v) is 5.15. The molecule has 0 radical (unpaired) electrons. The second-order valence-corrected chi connectivity index (χ2v) is 7.60. The van der Waals surface area contributed by atoms with E-state index >= 15 is 0 Å². The first-order valence-electron chi connectivity index (χ1n) is 8.48. The van der Waals surface area contributed by atoms with Crippen molar-refractivity contribution >= 4 is 75.6 Å². The first-order chi connectivity index (χ1) is 15.2. The molecule has 0 aliphatic heterocycles. The molecule has 13 heteroatoms. The number of ether oxygens (including phenoxy) is 2. The fourth-order valence-electron chi connectivity index (χ4n) is 2.16. The Morgan fingerprint density at radius 3 is 2.03 bits per heavy atom. The van der Waals surface area contributed by atoms with Gasteiger partial charge in [0.05, 0.1) is 47.8 Å². The molecule has 0 aliphatic rings. The summed E-state index contributed by atoms with van der Waals surface area (Å²) in [5, 5.41) is 3.62. The van der Waals surface area contributed by atoms with Crippen molar-refractivity contribution in [3.63, 3.8) is 0 Å². The number of halogens is 5. The average Bonchev–Trinajstić information content (AvgIpc) is 3.29. The van der Waals surface area contributed by atoms with Gasteiger partial charge in [0, 0.05) is 6.07 Å². The number of carbonyl (C=O) groups is 2. The molecule has 0 bridgehead atoms. The van der Waals surface area contributed by atoms with E-state index in [1.165, 1.54) is 26.4 Å². The molecule has 0 unspecified atom stereocenters. The second kappa shape index (κ2) is 12.1. The van der Waals surface area contributed by atoms with Crippen LogP contribution in [0.4, 0.5) is 5.69 Å². The number of rotatable bonds is 5. The Kier molecular flexibility index (Phi) is 9.86. The fraction of sp³-hybridized carbons (Fsp3) is 0.158. The largest absolute Gasteiger partial charge is 0.467 e. The maximum atomic E-state index is 11.5. The summed E-state index contributed by atoms with van der Waals surface area (Å²) in [7, 11) is 2.46. The highest BCUT2D eigenvalue weighted by atomic mass is 35.5. The van der Waals surface area contributed by atoms with E-state index in [-0.39, 0.29) is 36.8 Å². The van der Waals surface area contributed by atoms with Crippen LogP contribution in [0.5, 0.6) is 0 Å². The van der Waals surface area contributed by atoms with Crippen molar-refractivity contribution < 1.29 is 23.5 Å². The second-order valence-electron chi connectivity index (χ2n) is 5.66. The summed E-state index contributed by atoms with van der Waals surface area (Å²) in [6, 6.07) is 6.46. The zero-order valence-corrected chi connectivity index (χ0v) is 20.2. The molecule has 0 saturated heterocycles. The number of pyridine rings is 2. The number of methoxy groups -OCH3 is 2. The molecule has 0 atom stereocenters. The smallest absolute Gasteiger partial charge is 0.358 e. The highest BCUT2D eigenvalue weighted by Gasteiger charge is 2.18. The molecule has 8 nitrogen and oxygen atoms in total. The van der Waals surface area contributed by atoms with Crippen molar-refractivity contribution in [2.75, 3.05) is 19.5 Å². The summed E-state index contributed by atoms with van der Waals surface area (Å²) in [5.41, 5.74) is 0.374. The molecule has 170 valence electrons. The van der Waals surface area contributed by atoms with Crippen LogP contribution in [0.15, 0.2) is 34.9 Å². The zero-order valence-electron chi connectivity index (χ0n) is 16.4. The van der Waals surface area contributed by atoms with E-state index in [1.807, 2.05) is 6.07 Å². The van der Waals surface area contributed by atoms with E-state index in [4.69, 9.17) is 62.4 Å². The summed E-state index contributed by atoms with van der Waals surface area (Å²) < 4.78 is 14.2. The topological polar surface area (TPSA) is 104 Å². The summed E-state index contributed by atoms with van der Waals surface area (Å²) >= 11 is 28.8. The monoisotopic (exact) mass is 539 g/mol. The number of anilines is 1. The minimum absolute atomic E-state index is 0.0291. The molecule has 3 aromatic heterocycles. The van der Waals surface area contributed by atoms with Gasteiger partial charge in [0.15, 0.2) is 11.4 Å². The van der Waals surface area contributed by atoms with Crippen molar-refractivity contribution in [3.05, 3.63) is 73.1 Å². The van der Waals surface area contributed by atoms with E-state index in [1.54, 1.807) is 12.3 Å². The van der Waals surface area contributed by atoms with Crippen LogP contribution in [0.2, 0.25) is 25.4 Å². The summed E-state index contributed by atoms with van der Waals surface area (Å²) in [5.74, 6) is -0.591. The van der Waals surface area contributed by atoms with Gasteiger partial charge in [-0.1, -0.05) is 58.0 Å². The normalized spacial score (nSPS) is 10.1. The molecule has 3 rings (SSSR count). The van der Waals surface area contributed by atoms with Crippen LogP contribution in [-0.4, -0.2) is 36.1 Å². The van der Waals surface area contributed by atoms with Gasteiger partial charge in [-0.2, -0.15) is 0 Å². The Balaban J connectivity index is 0.000000244. The quantitative estimate of drug-likeness (QED) is 0.300. The van der Waals surface area contributed by atoms with Gasteiger partial charge in [-0.25, -0.2) is 19.6 Å². The van der Waals surface area contributed by atoms with Crippen LogP contribution in [0, 0.1) is 0 Å². The Labute approximate surface area is 207 Å². The molecule has 1 N–H and O–H groups in total. The molecule has 0 aliphatic carbocycles. The van der Waals surface area contributed by atoms with Gasteiger partial charge in [0.2, 0.25) is 0 Å². The van der Waals surface area contributed by atoms with Crippen LogP contribution in [0.3, 0.4) is 0 Å². The number of esters is 2. The van der Waals surface area contributed by atoms with Gasteiger partial charge in [-0.15, -0.1) is 0 Å². The molecular formula is C19H14Cl5N3O5. The highest BCUT2D eigenvalue weighted by molar-refractivity contribution is 6.44. The number of nitrogens with one attached hydrogen (secondary N) is 1. The first kappa shape index (κ1) is 26.0. The SMILES string of the molecule is COC(=O)c1nc(Cl)cc(Cl)c1Cl.COC(=O)c1nc(Cl)cc(NCc2ccco2)c1Cl. The molecule has 0 aromatic carbocycles. The molecular weight excluding hydrogens is 527 g/mol.